The summed E-state index contributed by atoms with van der Waals surface area (Å²) >= 11 is 0. The summed E-state index contributed by atoms with van der Waals surface area (Å²) in [4.78, 5) is 9.25. The van der Waals surface area contributed by atoms with E-state index in [9.17, 15) is 5.26 Å². The van der Waals surface area contributed by atoms with E-state index >= 15 is 0 Å². The summed E-state index contributed by atoms with van der Waals surface area (Å²) in [6, 6.07) is 52.2. The first-order chi connectivity index (χ1) is 19.8. The van der Waals surface area contributed by atoms with Crippen LogP contribution in [-0.2, 0) is 0 Å². The van der Waals surface area contributed by atoms with Gasteiger partial charge in [-0.05, 0) is 71.8 Å². The average molecular weight is 513 g/mol. The maximum Gasteiger partial charge on any atom is 0.141 e. The zero-order valence-corrected chi connectivity index (χ0v) is 21.6. The van der Waals surface area contributed by atoms with Gasteiger partial charge in [0, 0.05) is 16.9 Å². The standard InChI is InChI=1S/C36H24N4/c37-25-27-13-11-19-32(38-27)31-18-5-4-17-30(31)26-12-10-16-29(24-26)40-35-22-8-6-20-33(35)39(28-14-2-1-3-15-28)34-21-7-9-23-36(34)40/h1-24H. The van der Waals surface area contributed by atoms with Gasteiger partial charge in [0.05, 0.1) is 28.4 Å². The van der Waals surface area contributed by atoms with Gasteiger partial charge in [-0.15, -0.1) is 0 Å². The minimum absolute atomic E-state index is 0.408. The number of benzene rings is 5. The van der Waals surface area contributed by atoms with Crippen molar-refractivity contribution < 1.29 is 0 Å². The van der Waals surface area contributed by atoms with Crippen LogP contribution >= 0.6 is 0 Å². The van der Waals surface area contributed by atoms with E-state index < -0.39 is 0 Å². The van der Waals surface area contributed by atoms with Crippen LogP contribution in [0.4, 0.5) is 34.1 Å². The molecule has 0 unspecified atom stereocenters. The summed E-state index contributed by atoms with van der Waals surface area (Å²) in [5, 5.41) is 9.41. The number of nitriles is 1. The van der Waals surface area contributed by atoms with Crippen LogP contribution in [0.25, 0.3) is 22.4 Å². The maximum absolute atomic E-state index is 9.41. The van der Waals surface area contributed by atoms with Crippen LogP contribution in [0.15, 0.2) is 146 Å². The highest BCUT2D eigenvalue weighted by Gasteiger charge is 2.30. The molecule has 1 aromatic heterocycles. The summed E-state index contributed by atoms with van der Waals surface area (Å²) in [5.41, 5.74) is 11.0. The monoisotopic (exact) mass is 512 g/mol. The molecule has 0 atom stereocenters. The van der Waals surface area contributed by atoms with Crippen LogP contribution in [0.3, 0.4) is 0 Å². The molecule has 0 spiro atoms. The van der Waals surface area contributed by atoms with Crippen LogP contribution in [0.2, 0.25) is 0 Å². The van der Waals surface area contributed by atoms with Gasteiger partial charge in [-0.1, -0.05) is 84.9 Å². The Morgan fingerprint density at radius 1 is 0.475 bits per heavy atom. The maximum atomic E-state index is 9.41. The molecule has 0 saturated carbocycles. The van der Waals surface area contributed by atoms with Gasteiger partial charge in [-0.25, -0.2) is 4.98 Å². The molecule has 2 heterocycles. The van der Waals surface area contributed by atoms with E-state index in [1.165, 1.54) is 0 Å². The minimum atomic E-state index is 0.408. The number of hydrogen-bond donors (Lipinski definition) is 0. The number of aromatic nitrogens is 1. The second-order valence-electron chi connectivity index (χ2n) is 9.60. The van der Waals surface area contributed by atoms with Crippen molar-refractivity contribution in [3.63, 3.8) is 0 Å². The Morgan fingerprint density at radius 2 is 1.00 bits per heavy atom. The highest BCUT2D eigenvalue weighted by atomic mass is 15.3. The lowest BCUT2D eigenvalue weighted by Crippen LogP contribution is -2.23. The molecular weight excluding hydrogens is 488 g/mol. The first kappa shape index (κ1) is 23.5. The number of pyridine rings is 1. The van der Waals surface area contributed by atoms with E-state index in [0.717, 1.165) is 56.5 Å². The predicted octanol–water partition coefficient (Wildman–Crippen LogP) is 9.54. The lowest BCUT2D eigenvalue weighted by atomic mass is 9.96. The van der Waals surface area contributed by atoms with E-state index in [1.54, 1.807) is 6.07 Å². The lowest BCUT2D eigenvalue weighted by Gasteiger charge is -2.40. The van der Waals surface area contributed by atoms with Gasteiger partial charge in [0.2, 0.25) is 0 Å². The first-order valence-electron chi connectivity index (χ1n) is 13.2. The molecule has 7 rings (SSSR count). The van der Waals surface area contributed by atoms with Gasteiger partial charge in [0.25, 0.3) is 0 Å². The van der Waals surface area contributed by atoms with Crippen molar-refractivity contribution in [1.29, 1.82) is 5.26 Å². The van der Waals surface area contributed by atoms with Crippen LogP contribution in [0.5, 0.6) is 0 Å². The van der Waals surface area contributed by atoms with E-state index in [4.69, 9.17) is 0 Å². The van der Waals surface area contributed by atoms with Gasteiger partial charge in [-0.2, -0.15) is 5.26 Å². The number of nitrogens with zero attached hydrogens (tertiary/aromatic N) is 4. The molecule has 5 aromatic carbocycles. The molecule has 0 aliphatic carbocycles. The summed E-state index contributed by atoms with van der Waals surface area (Å²) in [5.74, 6) is 0. The number of fused-ring (bicyclic) bond motifs is 2. The van der Waals surface area contributed by atoms with Crippen molar-refractivity contribution in [2.24, 2.45) is 0 Å². The van der Waals surface area contributed by atoms with Crippen molar-refractivity contribution in [3.8, 4) is 28.5 Å². The Bertz CT molecular complexity index is 1840. The second-order valence-corrected chi connectivity index (χ2v) is 9.60. The summed E-state index contributed by atoms with van der Waals surface area (Å²) in [7, 11) is 0. The molecule has 1 aliphatic rings. The molecule has 0 bridgehead atoms. The van der Waals surface area contributed by atoms with E-state index in [1.807, 2.05) is 30.3 Å². The van der Waals surface area contributed by atoms with Gasteiger partial charge < -0.3 is 9.80 Å². The molecule has 0 saturated heterocycles. The van der Waals surface area contributed by atoms with E-state index in [0.29, 0.717) is 5.69 Å². The highest BCUT2D eigenvalue weighted by Crippen LogP contribution is 2.54. The van der Waals surface area contributed by atoms with Crippen LogP contribution in [0, 0.1) is 11.3 Å². The smallest absolute Gasteiger partial charge is 0.141 e. The number of para-hydroxylation sites is 5. The Kier molecular flexibility index (Phi) is 5.81. The minimum Gasteiger partial charge on any atom is -0.306 e. The van der Waals surface area contributed by atoms with Crippen molar-refractivity contribution in [2.75, 3.05) is 9.80 Å². The van der Waals surface area contributed by atoms with Crippen LogP contribution in [-0.4, -0.2) is 4.98 Å². The third-order valence-corrected chi connectivity index (χ3v) is 7.22. The quantitative estimate of drug-likeness (QED) is 0.235. The second kappa shape index (κ2) is 9.90. The van der Waals surface area contributed by atoms with Crippen molar-refractivity contribution in [1.82, 2.24) is 4.98 Å². The normalized spacial score (nSPS) is 11.9. The molecule has 0 amide bonds. The summed E-state index contributed by atoms with van der Waals surface area (Å²) in [6.07, 6.45) is 0. The zero-order chi connectivity index (χ0) is 26.9. The first-order valence-corrected chi connectivity index (χ1v) is 13.2. The van der Waals surface area contributed by atoms with Crippen LogP contribution in [0.1, 0.15) is 5.69 Å². The lowest BCUT2D eigenvalue weighted by molar-refractivity contribution is 1.17. The molecule has 0 N–H and O–H groups in total. The molecule has 4 nitrogen and oxygen atoms in total. The number of anilines is 6. The number of rotatable bonds is 4. The number of hydrogen-bond acceptors (Lipinski definition) is 4. The fraction of sp³-hybridized carbons (Fsp3) is 0. The van der Waals surface area contributed by atoms with Gasteiger partial charge >= 0.3 is 0 Å². The van der Waals surface area contributed by atoms with Crippen molar-refractivity contribution in [3.05, 3.63) is 151 Å². The highest BCUT2D eigenvalue weighted by molar-refractivity contribution is 6.01. The Morgan fingerprint density at radius 3 is 1.65 bits per heavy atom. The Hall–Kier alpha value is -5.66. The molecule has 0 fully saturated rings. The summed E-state index contributed by atoms with van der Waals surface area (Å²) < 4.78 is 0. The third-order valence-electron chi connectivity index (χ3n) is 7.22. The Labute approximate surface area is 233 Å². The molecular formula is C36H24N4. The third kappa shape index (κ3) is 3.98. The molecule has 1 aliphatic heterocycles. The van der Waals surface area contributed by atoms with E-state index in [2.05, 4.69) is 130 Å². The molecule has 4 heteroatoms. The zero-order valence-electron chi connectivity index (χ0n) is 21.6. The topological polar surface area (TPSA) is 43.2 Å². The molecule has 6 aromatic rings. The molecule has 0 radical (unpaired) electrons. The predicted molar refractivity (Wildman–Crippen MR) is 163 cm³/mol. The molecule has 40 heavy (non-hydrogen) atoms. The SMILES string of the molecule is N#Cc1cccc(-c2ccccc2-c2cccc(N3c4ccccc4N(c4ccccc4)c4ccccc43)c2)n1. The van der Waals surface area contributed by atoms with Gasteiger partial charge in [0.1, 0.15) is 11.8 Å². The largest absolute Gasteiger partial charge is 0.306 e. The summed E-state index contributed by atoms with van der Waals surface area (Å²) in [6.45, 7) is 0. The van der Waals surface area contributed by atoms with Gasteiger partial charge in [-0.3, -0.25) is 0 Å². The van der Waals surface area contributed by atoms with Gasteiger partial charge in [0.15, 0.2) is 0 Å². The van der Waals surface area contributed by atoms with Crippen LogP contribution < -0.4 is 9.80 Å². The average Bonchev–Trinajstić information content (AvgIpc) is 3.04. The molecule has 188 valence electrons. The fourth-order valence-electron chi connectivity index (χ4n) is 5.50. The van der Waals surface area contributed by atoms with Crippen molar-refractivity contribution in [2.45, 2.75) is 0 Å². The Balaban J connectivity index is 1.39. The fourth-order valence-corrected chi connectivity index (χ4v) is 5.50. The van der Waals surface area contributed by atoms with Crippen molar-refractivity contribution >= 4 is 34.1 Å². The van der Waals surface area contributed by atoms with E-state index in [-0.39, 0.29) is 0 Å².